The molecule has 0 amide bonds. The van der Waals surface area contributed by atoms with Crippen LogP contribution in [0.1, 0.15) is 81.1 Å². The summed E-state index contributed by atoms with van der Waals surface area (Å²) in [6, 6.07) is 1.77. The minimum Gasteiger partial charge on any atom is -0.543 e. The zero-order valence-corrected chi connectivity index (χ0v) is 24.1. The number of methoxy groups -OCH3 is 1. The van der Waals surface area contributed by atoms with Crippen LogP contribution < -0.4 is 39.6 Å². The minimum absolute atomic E-state index is 0. The van der Waals surface area contributed by atoms with Crippen molar-refractivity contribution < 1.29 is 53.7 Å². The fraction of sp³-hybridized carbons (Fsp3) is 0.577. The second-order valence-corrected chi connectivity index (χ2v) is 10.5. The van der Waals surface area contributed by atoms with E-state index in [1.54, 1.807) is 10.5 Å². The van der Waals surface area contributed by atoms with Gasteiger partial charge in [0.05, 0.1) is 18.7 Å². The molecule has 3 heterocycles. The van der Waals surface area contributed by atoms with Crippen molar-refractivity contribution in [3.05, 3.63) is 41.7 Å². The van der Waals surface area contributed by atoms with E-state index in [9.17, 15) is 14.7 Å². The molecule has 0 aliphatic carbocycles. The Morgan fingerprint density at radius 2 is 1.94 bits per heavy atom. The second kappa shape index (κ2) is 11.5. The van der Waals surface area contributed by atoms with Crippen LogP contribution in [-0.4, -0.2) is 47.1 Å². The topological polar surface area (TPSA) is 96.2 Å². The van der Waals surface area contributed by atoms with Gasteiger partial charge in [0.25, 0.3) is 0 Å². The van der Waals surface area contributed by atoms with Gasteiger partial charge in [-0.25, -0.2) is 9.78 Å². The predicted molar refractivity (Wildman–Crippen MR) is 129 cm³/mol. The Labute approximate surface area is 230 Å². The molecule has 2 aromatic heterocycles. The number of pyridine rings is 1. The molecular formula is C26H36N3NaO5. The summed E-state index contributed by atoms with van der Waals surface area (Å²) in [6.45, 7) is 15.2. The molecule has 0 N–H and O–H groups in total. The van der Waals surface area contributed by atoms with Gasteiger partial charge in [-0.3, -0.25) is 4.40 Å². The van der Waals surface area contributed by atoms with E-state index >= 15 is 0 Å². The summed E-state index contributed by atoms with van der Waals surface area (Å²) in [5, 5.41) is 11.6. The number of anilines is 1. The average molecular weight is 494 g/mol. The van der Waals surface area contributed by atoms with Crippen molar-refractivity contribution in [1.82, 2.24) is 9.38 Å². The third-order valence-corrected chi connectivity index (χ3v) is 6.55. The molecule has 9 heteroatoms. The van der Waals surface area contributed by atoms with Crippen LogP contribution in [0.15, 0.2) is 24.9 Å². The molecule has 0 unspecified atom stereocenters. The van der Waals surface area contributed by atoms with Gasteiger partial charge >= 0.3 is 35.5 Å². The van der Waals surface area contributed by atoms with Gasteiger partial charge in [0, 0.05) is 24.8 Å². The molecule has 186 valence electrons. The Morgan fingerprint density at radius 1 is 1.31 bits per heavy atom. The predicted octanol–water partition coefficient (Wildman–Crippen LogP) is 0.612. The van der Waals surface area contributed by atoms with Crippen LogP contribution in [0.25, 0.3) is 5.65 Å². The fourth-order valence-electron chi connectivity index (χ4n) is 4.63. The molecule has 0 aromatic carbocycles. The molecule has 3 rings (SSSR count). The van der Waals surface area contributed by atoms with Gasteiger partial charge in [0.1, 0.15) is 17.2 Å². The van der Waals surface area contributed by atoms with Gasteiger partial charge < -0.3 is 24.3 Å². The molecule has 0 radical (unpaired) electrons. The van der Waals surface area contributed by atoms with Crippen molar-refractivity contribution in [2.45, 2.75) is 72.0 Å². The molecule has 8 nitrogen and oxygen atoms in total. The summed E-state index contributed by atoms with van der Waals surface area (Å²) < 4.78 is 13.1. The van der Waals surface area contributed by atoms with E-state index < -0.39 is 23.6 Å². The first-order chi connectivity index (χ1) is 15.9. The standard InChI is InChI=1S/C26H37N3O5.Na/c1-8-9-10-26(6)11-13-28(14-12-26)22-20(21(24(32)33-7)34-25(3,4)5)17(2)15-19-27-18(23(30)31)16-29(19)22;/h8,15-16,21H,1,9-14H2,2-7H3,(H,30,31);/q;+1/p-1/t21-;/m0./s1. The number of piperidine rings is 1. The van der Waals surface area contributed by atoms with E-state index in [4.69, 9.17) is 9.47 Å². The van der Waals surface area contributed by atoms with Crippen LogP contribution in [0.5, 0.6) is 0 Å². The van der Waals surface area contributed by atoms with Crippen molar-refractivity contribution in [3.8, 4) is 0 Å². The Balaban J connectivity index is 0.00000432. The summed E-state index contributed by atoms with van der Waals surface area (Å²) in [6.07, 6.45) is 6.39. The van der Waals surface area contributed by atoms with Crippen LogP contribution in [0.4, 0.5) is 5.82 Å². The normalized spacial score (nSPS) is 16.5. The molecular weight excluding hydrogens is 457 g/mol. The van der Waals surface area contributed by atoms with Crippen molar-refractivity contribution in [2.75, 3.05) is 25.1 Å². The molecule has 0 bridgehead atoms. The number of ether oxygens (including phenoxy) is 2. The summed E-state index contributed by atoms with van der Waals surface area (Å²) in [7, 11) is 1.34. The van der Waals surface area contributed by atoms with E-state index in [2.05, 4.69) is 23.4 Å². The van der Waals surface area contributed by atoms with Crippen LogP contribution in [0.3, 0.4) is 0 Å². The number of hydrogen-bond donors (Lipinski definition) is 0. The number of aromatic carboxylic acids is 1. The molecule has 1 aliphatic rings. The number of carbonyl (C=O) groups excluding carboxylic acids is 2. The summed E-state index contributed by atoms with van der Waals surface area (Å²) in [5.41, 5.74) is 1.34. The van der Waals surface area contributed by atoms with Gasteiger partial charge in [-0.2, -0.15) is 0 Å². The largest absolute Gasteiger partial charge is 1.00 e. The monoisotopic (exact) mass is 493 g/mol. The molecule has 2 aromatic rings. The number of imidazole rings is 1. The quantitative estimate of drug-likeness (QED) is 0.302. The number of fused-ring (bicyclic) bond motifs is 1. The van der Waals surface area contributed by atoms with E-state index in [1.807, 2.05) is 33.8 Å². The zero-order valence-electron chi connectivity index (χ0n) is 22.1. The number of esters is 1. The smallest absolute Gasteiger partial charge is 0.543 e. The molecule has 0 spiro atoms. The molecule has 35 heavy (non-hydrogen) atoms. The number of carboxylic acid groups (broad SMARTS) is 1. The number of carbonyl (C=O) groups is 2. The minimum atomic E-state index is -1.35. The number of aromatic nitrogens is 2. The summed E-state index contributed by atoms with van der Waals surface area (Å²) in [4.78, 5) is 31.0. The molecule has 1 fully saturated rings. The van der Waals surface area contributed by atoms with Crippen LogP contribution in [0.2, 0.25) is 0 Å². The van der Waals surface area contributed by atoms with Gasteiger partial charge in [0.2, 0.25) is 0 Å². The van der Waals surface area contributed by atoms with E-state index in [1.165, 1.54) is 13.3 Å². The Hall–Kier alpha value is -1.87. The number of rotatable bonds is 8. The number of nitrogens with zero attached hydrogens (tertiary/aromatic N) is 3. The van der Waals surface area contributed by atoms with E-state index in [-0.39, 0.29) is 40.7 Å². The van der Waals surface area contributed by atoms with Crippen LogP contribution >= 0.6 is 0 Å². The number of hydrogen-bond acceptors (Lipinski definition) is 7. The second-order valence-electron chi connectivity index (χ2n) is 10.5. The summed E-state index contributed by atoms with van der Waals surface area (Å²) in [5.74, 6) is -1.15. The number of aryl methyl sites for hydroxylation is 1. The first kappa shape index (κ1) is 29.4. The molecule has 1 saturated heterocycles. The Kier molecular flexibility index (Phi) is 9.61. The summed E-state index contributed by atoms with van der Waals surface area (Å²) >= 11 is 0. The number of carboxylic acids is 1. The van der Waals surface area contributed by atoms with Gasteiger partial charge in [0.15, 0.2) is 6.10 Å². The molecule has 1 atom stereocenters. The third-order valence-electron chi connectivity index (χ3n) is 6.55. The SMILES string of the molecule is C=CCCC1(C)CCN(c2c([C@H](OC(C)(C)C)C(=O)OC)c(C)cc3nc(C(=O)[O-])cn23)CC1.[Na+]. The average Bonchev–Trinajstić information content (AvgIpc) is 3.19. The van der Waals surface area contributed by atoms with Crippen LogP contribution in [-0.2, 0) is 14.3 Å². The van der Waals surface area contributed by atoms with Crippen molar-refractivity contribution in [2.24, 2.45) is 5.41 Å². The van der Waals surface area contributed by atoms with Crippen molar-refractivity contribution in [3.63, 3.8) is 0 Å². The van der Waals surface area contributed by atoms with Crippen LogP contribution in [0, 0.1) is 12.3 Å². The maximum atomic E-state index is 12.9. The first-order valence-electron chi connectivity index (χ1n) is 11.7. The van der Waals surface area contributed by atoms with Gasteiger partial charge in [-0.1, -0.05) is 13.0 Å². The zero-order chi connectivity index (χ0) is 25.3. The fourth-order valence-corrected chi connectivity index (χ4v) is 4.63. The van der Waals surface area contributed by atoms with Crippen molar-refractivity contribution in [1.29, 1.82) is 0 Å². The third kappa shape index (κ3) is 6.67. The van der Waals surface area contributed by atoms with E-state index in [0.29, 0.717) is 17.0 Å². The van der Waals surface area contributed by atoms with Gasteiger partial charge in [-0.15, -0.1) is 6.58 Å². The maximum Gasteiger partial charge on any atom is 1.00 e. The van der Waals surface area contributed by atoms with Crippen molar-refractivity contribution >= 4 is 23.4 Å². The number of allylic oxidation sites excluding steroid dienone is 1. The van der Waals surface area contributed by atoms with E-state index in [0.717, 1.165) is 44.3 Å². The first-order valence-corrected chi connectivity index (χ1v) is 11.7. The maximum absolute atomic E-state index is 12.9. The Morgan fingerprint density at radius 3 is 2.46 bits per heavy atom. The molecule has 1 aliphatic heterocycles. The Bertz CT molecular complexity index is 1080. The molecule has 0 saturated carbocycles. The van der Waals surface area contributed by atoms with Gasteiger partial charge in [-0.05, 0) is 70.4 Å².